The summed E-state index contributed by atoms with van der Waals surface area (Å²) in [7, 11) is 0. The van der Waals surface area contributed by atoms with Crippen LogP contribution >= 0.6 is 0 Å². The van der Waals surface area contributed by atoms with E-state index in [1.165, 1.54) is 12.4 Å². The number of carboxylic acids is 1. The van der Waals surface area contributed by atoms with Gasteiger partial charge in [0.1, 0.15) is 5.82 Å². The van der Waals surface area contributed by atoms with Crippen molar-refractivity contribution in [2.75, 3.05) is 0 Å². The zero-order valence-electron chi connectivity index (χ0n) is 9.01. The van der Waals surface area contributed by atoms with E-state index in [-0.39, 0.29) is 12.2 Å². The van der Waals surface area contributed by atoms with Gasteiger partial charge in [-0.15, -0.1) is 0 Å². The zero-order valence-corrected chi connectivity index (χ0v) is 9.01. The molecule has 1 aromatic carbocycles. The highest BCUT2D eigenvalue weighted by Gasteiger charge is 2.06. The van der Waals surface area contributed by atoms with Crippen LogP contribution in [0.5, 0.6) is 0 Å². The van der Waals surface area contributed by atoms with E-state index in [9.17, 15) is 9.18 Å². The topological polar surface area (TPSA) is 55.1 Å². The lowest BCUT2D eigenvalue weighted by atomic mass is 10.2. The van der Waals surface area contributed by atoms with E-state index in [0.29, 0.717) is 17.8 Å². The Labute approximate surface area is 97.3 Å². The molecule has 0 bridgehead atoms. The fourth-order valence-corrected chi connectivity index (χ4v) is 1.52. The number of rotatable bonds is 4. The normalized spacial score (nSPS) is 10.4. The predicted molar refractivity (Wildman–Crippen MR) is 59.5 cm³/mol. The Morgan fingerprint density at radius 1 is 1.41 bits per heavy atom. The molecule has 88 valence electrons. The Kier molecular flexibility index (Phi) is 3.18. The van der Waals surface area contributed by atoms with Crippen LogP contribution in [0.4, 0.5) is 4.39 Å². The molecule has 0 aliphatic rings. The Hall–Kier alpha value is -2.17. The summed E-state index contributed by atoms with van der Waals surface area (Å²) < 4.78 is 15.0. The van der Waals surface area contributed by atoms with Crippen molar-refractivity contribution in [3.63, 3.8) is 0 Å². The highest BCUT2D eigenvalue weighted by atomic mass is 19.1. The highest BCUT2D eigenvalue weighted by molar-refractivity contribution is 5.66. The molecule has 0 saturated heterocycles. The average Bonchev–Trinajstić information content (AvgIpc) is 2.75. The van der Waals surface area contributed by atoms with Gasteiger partial charge in [0.05, 0.1) is 24.1 Å². The van der Waals surface area contributed by atoms with Crippen molar-refractivity contribution in [1.29, 1.82) is 0 Å². The Bertz CT molecular complexity index is 537. The number of carbonyl (C=O) groups is 1. The van der Waals surface area contributed by atoms with Crippen LogP contribution in [0.1, 0.15) is 12.1 Å². The summed E-state index contributed by atoms with van der Waals surface area (Å²) >= 11 is 0. The molecule has 0 amide bonds. The lowest BCUT2D eigenvalue weighted by Gasteiger charge is -2.02. The Balaban J connectivity index is 2.18. The molecule has 0 unspecified atom stereocenters. The largest absolute Gasteiger partial charge is 0.481 e. The number of aryl methyl sites for hydroxylation is 1. The molecule has 0 saturated carbocycles. The Morgan fingerprint density at radius 2 is 2.18 bits per heavy atom. The second-order valence-electron chi connectivity index (χ2n) is 3.62. The predicted octanol–water partition coefficient (Wildman–Crippen LogP) is 2.03. The molecule has 0 fully saturated rings. The molecule has 1 aromatic heterocycles. The first-order valence-electron chi connectivity index (χ1n) is 5.16. The van der Waals surface area contributed by atoms with Gasteiger partial charge in [0.25, 0.3) is 0 Å². The second-order valence-corrected chi connectivity index (χ2v) is 3.62. The summed E-state index contributed by atoms with van der Waals surface area (Å²) in [5.41, 5.74) is 1.04. The first-order chi connectivity index (χ1) is 8.16. The third-order valence-corrected chi connectivity index (χ3v) is 2.36. The molecule has 1 heterocycles. The van der Waals surface area contributed by atoms with E-state index in [1.807, 2.05) is 0 Å². The average molecular weight is 234 g/mol. The first kappa shape index (κ1) is 11.3. The maximum absolute atomic E-state index is 13.5. The fraction of sp³-hybridized carbons (Fsp3) is 0.167. The molecule has 0 spiro atoms. The maximum Gasteiger partial charge on any atom is 0.303 e. The number of aliphatic carboxylic acids is 1. The smallest absolute Gasteiger partial charge is 0.303 e. The number of para-hydroxylation sites is 1. The van der Waals surface area contributed by atoms with E-state index in [1.54, 1.807) is 29.0 Å². The van der Waals surface area contributed by atoms with Crippen LogP contribution in [0.2, 0.25) is 0 Å². The van der Waals surface area contributed by atoms with Crippen molar-refractivity contribution in [3.05, 3.63) is 48.3 Å². The SMILES string of the molecule is O=C(O)CCc1cn(-c2ccccc2F)cn1. The van der Waals surface area contributed by atoms with Crippen LogP contribution in [0.3, 0.4) is 0 Å². The lowest BCUT2D eigenvalue weighted by molar-refractivity contribution is -0.136. The van der Waals surface area contributed by atoms with Gasteiger partial charge in [-0.25, -0.2) is 9.37 Å². The first-order valence-corrected chi connectivity index (χ1v) is 5.16. The van der Waals surface area contributed by atoms with Crippen molar-refractivity contribution < 1.29 is 14.3 Å². The Morgan fingerprint density at radius 3 is 2.88 bits per heavy atom. The van der Waals surface area contributed by atoms with Gasteiger partial charge in [-0.3, -0.25) is 4.79 Å². The van der Waals surface area contributed by atoms with Crippen LogP contribution in [-0.4, -0.2) is 20.6 Å². The number of hydrogen-bond acceptors (Lipinski definition) is 2. The number of aromatic nitrogens is 2. The molecule has 4 nitrogen and oxygen atoms in total. The molecule has 0 radical (unpaired) electrons. The summed E-state index contributed by atoms with van der Waals surface area (Å²) in [5, 5.41) is 8.55. The minimum atomic E-state index is -0.870. The summed E-state index contributed by atoms with van der Waals surface area (Å²) in [4.78, 5) is 14.4. The number of imidazole rings is 1. The van der Waals surface area contributed by atoms with Crippen LogP contribution < -0.4 is 0 Å². The monoisotopic (exact) mass is 234 g/mol. The number of carboxylic acid groups (broad SMARTS) is 1. The molecular formula is C12H11FN2O2. The molecule has 0 aliphatic heterocycles. The van der Waals surface area contributed by atoms with Gasteiger partial charge in [0, 0.05) is 12.6 Å². The number of hydrogen-bond donors (Lipinski definition) is 1. The molecular weight excluding hydrogens is 223 g/mol. The summed E-state index contributed by atoms with van der Waals surface area (Å²) in [6.45, 7) is 0. The van der Waals surface area contributed by atoms with Gasteiger partial charge in [-0.05, 0) is 12.1 Å². The fourth-order valence-electron chi connectivity index (χ4n) is 1.52. The molecule has 2 aromatic rings. The molecule has 5 heteroatoms. The molecule has 0 aliphatic carbocycles. The standard InChI is InChI=1S/C12H11FN2O2/c13-10-3-1-2-4-11(10)15-7-9(14-8-15)5-6-12(16)17/h1-4,7-8H,5-6H2,(H,16,17). The summed E-state index contributed by atoms with van der Waals surface area (Å²) in [5.74, 6) is -1.21. The molecule has 0 atom stereocenters. The number of halogens is 1. The van der Waals surface area contributed by atoms with Crippen LogP contribution in [0.25, 0.3) is 5.69 Å². The third kappa shape index (κ3) is 2.69. The van der Waals surface area contributed by atoms with Crippen LogP contribution in [0.15, 0.2) is 36.8 Å². The van der Waals surface area contributed by atoms with Gasteiger partial charge in [0.2, 0.25) is 0 Å². The lowest BCUT2D eigenvalue weighted by Crippen LogP contribution is -1.97. The van der Waals surface area contributed by atoms with Crippen LogP contribution in [-0.2, 0) is 11.2 Å². The van der Waals surface area contributed by atoms with Crippen LogP contribution in [0, 0.1) is 5.82 Å². The van der Waals surface area contributed by atoms with Gasteiger partial charge >= 0.3 is 5.97 Å². The summed E-state index contributed by atoms with van der Waals surface area (Å²) in [6.07, 6.45) is 3.49. The van der Waals surface area contributed by atoms with E-state index >= 15 is 0 Å². The van der Waals surface area contributed by atoms with Gasteiger partial charge in [0.15, 0.2) is 0 Å². The molecule has 1 N–H and O–H groups in total. The maximum atomic E-state index is 13.5. The van der Waals surface area contributed by atoms with Gasteiger partial charge < -0.3 is 9.67 Å². The van der Waals surface area contributed by atoms with E-state index in [0.717, 1.165) is 0 Å². The van der Waals surface area contributed by atoms with Gasteiger partial charge in [-0.2, -0.15) is 0 Å². The zero-order chi connectivity index (χ0) is 12.3. The quantitative estimate of drug-likeness (QED) is 0.880. The van der Waals surface area contributed by atoms with Crippen molar-refractivity contribution in [1.82, 2.24) is 9.55 Å². The molecule has 17 heavy (non-hydrogen) atoms. The van der Waals surface area contributed by atoms with Crippen molar-refractivity contribution in [2.45, 2.75) is 12.8 Å². The van der Waals surface area contributed by atoms with Gasteiger partial charge in [-0.1, -0.05) is 12.1 Å². The minimum absolute atomic E-state index is 0.0221. The van der Waals surface area contributed by atoms with E-state index < -0.39 is 5.97 Å². The van der Waals surface area contributed by atoms with Crippen molar-refractivity contribution in [2.24, 2.45) is 0 Å². The number of benzene rings is 1. The highest BCUT2D eigenvalue weighted by Crippen LogP contribution is 2.13. The second kappa shape index (κ2) is 4.78. The minimum Gasteiger partial charge on any atom is -0.481 e. The number of nitrogens with zero attached hydrogens (tertiary/aromatic N) is 2. The van der Waals surface area contributed by atoms with E-state index in [4.69, 9.17) is 5.11 Å². The van der Waals surface area contributed by atoms with Crippen molar-refractivity contribution >= 4 is 5.97 Å². The van der Waals surface area contributed by atoms with Crippen molar-refractivity contribution in [3.8, 4) is 5.69 Å². The third-order valence-electron chi connectivity index (χ3n) is 2.36. The summed E-state index contributed by atoms with van der Waals surface area (Å²) in [6, 6.07) is 6.35. The van der Waals surface area contributed by atoms with E-state index in [2.05, 4.69) is 4.98 Å². The molecule has 2 rings (SSSR count).